The van der Waals surface area contributed by atoms with Crippen molar-refractivity contribution in [3.8, 4) is 0 Å². The van der Waals surface area contributed by atoms with Gasteiger partial charge in [0, 0.05) is 23.8 Å². The van der Waals surface area contributed by atoms with Gasteiger partial charge in [0.25, 0.3) is 0 Å². The summed E-state index contributed by atoms with van der Waals surface area (Å²) in [7, 11) is 0. The maximum atomic E-state index is 13.0. The van der Waals surface area contributed by atoms with Crippen molar-refractivity contribution in [2.75, 3.05) is 6.61 Å². The number of hydrogen-bond acceptors (Lipinski definition) is 4. The summed E-state index contributed by atoms with van der Waals surface area (Å²) >= 11 is 6.04. The zero-order chi connectivity index (χ0) is 20.1. The Hall–Kier alpha value is -2.59. The molecular formula is C23H23ClO4. The van der Waals surface area contributed by atoms with E-state index in [-0.39, 0.29) is 12.5 Å². The highest BCUT2D eigenvalue weighted by atomic mass is 35.5. The molecule has 4 nitrogen and oxygen atoms in total. The second kappa shape index (κ2) is 8.61. The van der Waals surface area contributed by atoms with Gasteiger partial charge in [-0.15, -0.1) is 6.58 Å². The highest BCUT2D eigenvalue weighted by molar-refractivity contribution is 6.30. The van der Waals surface area contributed by atoms with Gasteiger partial charge < -0.3 is 9.47 Å². The van der Waals surface area contributed by atoms with Crippen molar-refractivity contribution < 1.29 is 19.1 Å². The zero-order valence-electron chi connectivity index (χ0n) is 15.8. The Morgan fingerprint density at radius 1 is 1.25 bits per heavy atom. The molecule has 2 aromatic rings. The molecule has 146 valence electrons. The van der Waals surface area contributed by atoms with Gasteiger partial charge in [-0.3, -0.25) is 9.59 Å². The third-order valence-electron chi connectivity index (χ3n) is 5.11. The highest BCUT2D eigenvalue weighted by Gasteiger charge is 2.51. The molecule has 1 fully saturated rings. The van der Waals surface area contributed by atoms with Crippen LogP contribution in [0.15, 0.2) is 67.3 Å². The molecule has 0 amide bonds. The second-order valence-corrected chi connectivity index (χ2v) is 7.30. The van der Waals surface area contributed by atoms with Gasteiger partial charge in [0.2, 0.25) is 0 Å². The maximum absolute atomic E-state index is 13.0. The molecule has 1 aliphatic rings. The fraction of sp³-hybridized carbons (Fsp3) is 0.304. The number of carbonyl (C=O) groups excluding carboxylic acids is 2. The Bertz CT molecular complexity index is 847. The van der Waals surface area contributed by atoms with Crippen molar-refractivity contribution in [2.24, 2.45) is 5.92 Å². The minimum absolute atomic E-state index is 0.207. The average molecular weight is 399 g/mol. The topological polar surface area (TPSA) is 52.6 Å². The van der Waals surface area contributed by atoms with Crippen LogP contribution in [0.3, 0.4) is 0 Å². The molecule has 5 heteroatoms. The molecule has 28 heavy (non-hydrogen) atoms. The van der Waals surface area contributed by atoms with Crippen LogP contribution in [-0.4, -0.2) is 18.5 Å². The first kappa shape index (κ1) is 20.2. The number of rotatable bonds is 6. The fourth-order valence-electron chi connectivity index (χ4n) is 3.84. The minimum Gasteiger partial charge on any atom is -0.465 e. The number of halogens is 1. The summed E-state index contributed by atoms with van der Waals surface area (Å²) in [6, 6.07) is 16.8. The fourth-order valence-corrected chi connectivity index (χ4v) is 3.97. The Morgan fingerprint density at radius 2 is 1.93 bits per heavy atom. The van der Waals surface area contributed by atoms with Crippen LogP contribution < -0.4 is 0 Å². The zero-order valence-corrected chi connectivity index (χ0v) is 16.5. The molecule has 3 atom stereocenters. The standard InChI is InChI=1S/C23H23ClO4/c1-3-14-23(17-10-12-18(24)13-11-17)15-19(16-8-6-5-7-9-16)20(22(26)28-23)21(25)27-4-2/h3,5-13,19-20H,1,4,14-15H2,2H3/t19-,20+,23+/m1/s1. The first-order chi connectivity index (χ1) is 13.5. The minimum atomic E-state index is -0.993. The predicted molar refractivity (Wildman–Crippen MR) is 108 cm³/mol. The summed E-state index contributed by atoms with van der Waals surface area (Å²) in [4.78, 5) is 25.6. The molecule has 0 N–H and O–H groups in total. The molecule has 2 aromatic carbocycles. The third kappa shape index (κ3) is 3.97. The molecule has 1 heterocycles. The number of carbonyl (C=O) groups is 2. The van der Waals surface area contributed by atoms with E-state index in [0.29, 0.717) is 17.9 Å². The van der Waals surface area contributed by atoms with Crippen molar-refractivity contribution in [2.45, 2.75) is 31.3 Å². The molecular weight excluding hydrogens is 376 g/mol. The van der Waals surface area contributed by atoms with Crippen LogP contribution in [0.25, 0.3) is 0 Å². The molecule has 0 aliphatic carbocycles. The SMILES string of the molecule is C=CC[C@@]1(c2ccc(Cl)cc2)C[C@H](c2ccccc2)[C@@H](C(=O)OCC)C(=O)O1. The lowest BCUT2D eigenvalue weighted by molar-refractivity contribution is -0.186. The van der Waals surface area contributed by atoms with E-state index in [9.17, 15) is 9.59 Å². The molecule has 0 radical (unpaired) electrons. The van der Waals surface area contributed by atoms with Crippen molar-refractivity contribution in [1.82, 2.24) is 0 Å². The van der Waals surface area contributed by atoms with Gasteiger partial charge in [0.15, 0.2) is 5.92 Å². The van der Waals surface area contributed by atoms with E-state index in [0.717, 1.165) is 11.1 Å². The van der Waals surface area contributed by atoms with Crippen LogP contribution in [0.1, 0.15) is 36.8 Å². The van der Waals surface area contributed by atoms with Crippen molar-refractivity contribution in [1.29, 1.82) is 0 Å². The summed E-state index contributed by atoms with van der Waals surface area (Å²) in [5.41, 5.74) is 0.820. The third-order valence-corrected chi connectivity index (χ3v) is 5.37. The number of ether oxygens (including phenoxy) is 2. The van der Waals surface area contributed by atoms with Crippen LogP contribution in [0.4, 0.5) is 0 Å². The van der Waals surface area contributed by atoms with Gasteiger partial charge in [0.05, 0.1) is 6.61 Å². The lowest BCUT2D eigenvalue weighted by atomic mass is 9.72. The number of cyclic esters (lactones) is 1. The summed E-state index contributed by atoms with van der Waals surface area (Å²) in [6.45, 7) is 5.77. The van der Waals surface area contributed by atoms with Crippen LogP contribution in [-0.2, 0) is 24.7 Å². The van der Waals surface area contributed by atoms with Gasteiger partial charge in [-0.05, 0) is 30.2 Å². The van der Waals surface area contributed by atoms with Crippen molar-refractivity contribution >= 4 is 23.5 Å². The monoisotopic (exact) mass is 398 g/mol. The van der Waals surface area contributed by atoms with E-state index < -0.39 is 23.5 Å². The first-order valence-electron chi connectivity index (χ1n) is 9.32. The Morgan fingerprint density at radius 3 is 2.54 bits per heavy atom. The largest absolute Gasteiger partial charge is 0.465 e. The van der Waals surface area contributed by atoms with Crippen molar-refractivity contribution in [3.63, 3.8) is 0 Å². The smallest absolute Gasteiger partial charge is 0.321 e. The van der Waals surface area contributed by atoms with E-state index in [1.807, 2.05) is 42.5 Å². The molecule has 0 spiro atoms. The Labute approximate surface area is 170 Å². The quantitative estimate of drug-likeness (QED) is 0.389. The molecule has 0 bridgehead atoms. The van der Waals surface area contributed by atoms with E-state index in [1.165, 1.54) is 0 Å². The molecule has 3 rings (SSSR count). The highest BCUT2D eigenvalue weighted by Crippen LogP contribution is 2.48. The van der Waals surface area contributed by atoms with Crippen LogP contribution >= 0.6 is 11.6 Å². The van der Waals surface area contributed by atoms with E-state index in [2.05, 4.69) is 6.58 Å². The summed E-state index contributed by atoms with van der Waals surface area (Å²) in [6.07, 6.45) is 2.60. The average Bonchev–Trinajstić information content (AvgIpc) is 2.69. The number of esters is 2. The summed E-state index contributed by atoms with van der Waals surface area (Å²) < 4.78 is 11.1. The van der Waals surface area contributed by atoms with Crippen LogP contribution in [0, 0.1) is 5.92 Å². The lowest BCUT2D eigenvalue weighted by Gasteiger charge is -2.43. The molecule has 0 unspecified atom stereocenters. The number of hydrogen-bond donors (Lipinski definition) is 0. The Balaban J connectivity index is 2.08. The van der Waals surface area contributed by atoms with Crippen LogP contribution in [0.2, 0.25) is 5.02 Å². The maximum Gasteiger partial charge on any atom is 0.321 e. The van der Waals surface area contributed by atoms with Gasteiger partial charge in [-0.2, -0.15) is 0 Å². The molecule has 0 saturated carbocycles. The normalized spacial score (nSPS) is 24.3. The molecule has 0 aromatic heterocycles. The second-order valence-electron chi connectivity index (χ2n) is 6.87. The lowest BCUT2D eigenvalue weighted by Crippen LogP contribution is -2.47. The van der Waals surface area contributed by atoms with Gasteiger partial charge >= 0.3 is 11.9 Å². The summed E-state index contributed by atoms with van der Waals surface area (Å²) in [5, 5.41) is 0.601. The van der Waals surface area contributed by atoms with E-state index in [1.54, 1.807) is 25.1 Å². The van der Waals surface area contributed by atoms with E-state index in [4.69, 9.17) is 21.1 Å². The van der Waals surface area contributed by atoms with Gasteiger partial charge in [0.1, 0.15) is 5.60 Å². The van der Waals surface area contributed by atoms with Gasteiger partial charge in [-0.1, -0.05) is 60.1 Å². The molecule has 1 saturated heterocycles. The number of benzene rings is 2. The van der Waals surface area contributed by atoms with E-state index >= 15 is 0 Å². The predicted octanol–water partition coefficient (Wildman–Crippen LogP) is 5.02. The Kier molecular flexibility index (Phi) is 6.20. The summed E-state index contributed by atoms with van der Waals surface area (Å²) in [5.74, 6) is -2.48. The van der Waals surface area contributed by atoms with Crippen molar-refractivity contribution in [3.05, 3.63) is 83.4 Å². The van der Waals surface area contributed by atoms with Gasteiger partial charge in [-0.25, -0.2) is 0 Å². The first-order valence-corrected chi connectivity index (χ1v) is 9.70. The molecule has 1 aliphatic heterocycles. The van der Waals surface area contributed by atoms with Crippen LogP contribution in [0.5, 0.6) is 0 Å².